The fourth-order valence-electron chi connectivity index (χ4n) is 3.58. The van der Waals surface area contributed by atoms with Crippen molar-refractivity contribution >= 4 is 23.6 Å². The van der Waals surface area contributed by atoms with Crippen LogP contribution in [0.3, 0.4) is 0 Å². The van der Waals surface area contributed by atoms with Crippen LogP contribution in [-0.4, -0.2) is 35.0 Å². The lowest BCUT2D eigenvalue weighted by atomic mass is 9.87. The number of halogens is 3. The van der Waals surface area contributed by atoms with Gasteiger partial charge in [0.1, 0.15) is 11.4 Å². The van der Waals surface area contributed by atoms with Crippen LogP contribution in [0.5, 0.6) is 5.75 Å². The first-order chi connectivity index (χ1) is 12.6. The molecule has 11 heteroatoms. The van der Waals surface area contributed by atoms with E-state index in [1.807, 2.05) is 0 Å². The average molecular weight is 385 g/mol. The van der Waals surface area contributed by atoms with Crippen LogP contribution in [0.15, 0.2) is 28.2 Å². The number of para-hydroxylation sites is 1. The normalized spacial score (nSPS) is 19.4. The SMILES string of the molecule is NC1=NC2(CCCCC2)N(c2c(OC(F)(F)F)cccc2C(=O)O)C(N)=N1. The van der Waals surface area contributed by atoms with Crippen molar-refractivity contribution in [3.8, 4) is 5.75 Å². The van der Waals surface area contributed by atoms with Gasteiger partial charge < -0.3 is 21.3 Å². The molecular formula is C16H18F3N5O3. The van der Waals surface area contributed by atoms with Crippen LogP contribution in [-0.2, 0) is 0 Å². The minimum Gasteiger partial charge on any atom is -0.478 e. The van der Waals surface area contributed by atoms with Crippen LogP contribution in [0.2, 0.25) is 0 Å². The number of nitrogens with zero attached hydrogens (tertiary/aromatic N) is 3. The van der Waals surface area contributed by atoms with E-state index in [1.54, 1.807) is 0 Å². The molecule has 3 rings (SSSR count). The number of benzene rings is 1. The van der Waals surface area contributed by atoms with Gasteiger partial charge in [0.15, 0.2) is 5.75 Å². The van der Waals surface area contributed by atoms with Crippen molar-refractivity contribution in [1.29, 1.82) is 0 Å². The van der Waals surface area contributed by atoms with E-state index in [0.29, 0.717) is 12.8 Å². The number of rotatable bonds is 3. The maximum atomic E-state index is 12.9. The number of nitrogens with two attached hydrogens (primary N) is 2. The van der Waals surface area contributed by atoms with E-state index in [4.69, 9.17) is 11.5 Å². The molecule has 1 aromatic carbocycles. The van der Waals surface area contributed by atoms with Crippen LogP contribution in [0.4, 0.5) is 18.9 Å². The van der Waals surface area contributed by atoms with Gasteiger partial charge in [-0.15, -0.1) is 13.2 Å². The first kappa shape index (κ1) is 18.8. The van der Waals surface area contributed by atoms with Gasteiger partial charge in [-0.2, -0.15) is 4.99 Å². The number of anilines is 1. The quantitative estimate of drug-likeness (QED) is 0.733. The minimum absolute atomic E-state index is 0.100. The third-order valence-electron chi connectivity index (χ3n) is 4.53. The highest BCUT2D eigenvalue weighted by Gasteiger charge is 2.46. The standard InChI is InChI=1S/C16H18F3N5O3/c17-16(18,19)27-10-6-4-5-9(12(25)26)11(10)24-14(21)22-13(20)23-15(24)7-2-1-3-8-15/h4-6H,1-3,7-8H2,(H,25,26)(H4,20,21,22,23). The summed E-state index contributed by atoms with van der Waals surface area (Å²) in [5.74, 6) is -2.46. The van der Waals surface area contributed by atoms with E-state index in [-0.39, 0.29) is 17.6 Å². The van der Waals surface area contributed by atoms with Gasteiger partial charge in [0, 0.05) is 0 Å². The fourth-order valence-corrected chi connectivity index (χ4v) is 3.58. The molecule has 0 radical (unpaired) electrons. The fraction of sp³-hybridized carbons (Fsp3) is 0.438. The summed E-state index contributed by atoms with van der Waals surface area (Å²) in [4.78, 5) is 21.1. The number of hydrogen-bond acceptors (Lipinski definition) is 7. The summed E-state index contributed by atoms with van der Waals surface area (Å²) in [5, 5.41) is 9.54. The van der Waals surface area contributed by atoms with Gasteiger partial charge in [0.2, 0.25) is 11.9 Å². The van der Waals surface area contributed by atoms with Gasteiger partial charge in [-0.25, -0.2) is 9.79 Å². The lowest BCUT2D eigenvalue weighted by Crippen LogP contribution is -2.58. The van der Waals surface area contributed by atoms with E-state index in [2.05, 4.69) is 14.7 Å². The first-order valence-corrected chi connectivity index (χ1v) is 8.25. The minimum atomic E-state index is -5.02. The molecule has 1 aliphatic carbocycles. The number of aliphatic imine (C=N–C) groups is 2. The molecule has 0 saturated heterocycles. The molecule has 0 aromatic heterocycles. The number of alkyl halides is 3. The molecule has 1 heterocycles. The lowest BCUT2D eigenvalue weighted by molar-refractivity contribution is -0.274. The number of aromatic carboxylic acids is 1. The number of guanidine groups is 2. The van der Waals surface area contributed by atoms with Crippen LogP contribution in [0.25, 0.3) is 0 Å². The Hall–Kier alpha value is -2.98. The molecule has 1 aromatic rings. The van der Waals surface area contributed by atoms with Crippen molar-refractivity contribution in [2.75, 3.05) is 4.90 Å². The van der Waals surface area contributed by atoms with Crippen molar-refractivity contribution in [3.63, 3.8) is 0 Å². The molecule has 1 saturated carbocycles. The number of carboxylic acid groups (broad SMARTS) is 1. The first-order valence-electron chi connectivity index (χ1n) is 8.25. The zero-order valence-electron chi connectivity index (χ0n) is 14.2. The largest absolute Gasteiger partial charge is 0.573 e. The molecule has 0 unspecified atom stereocenters. The van der Waals surface area contributed by atoms with Gasteiger partial charge in [-0.1, -0.05) is 12.5 Å². The van der Waals surface area contributed by atoms with Gasteiger partial charge in [0.05, 0.1) is 5.56 Å². The zero-order chi connectivity index (χ0) is 19.8. The summed E-state index contributed by atoms with van der Waals surface area (Å²) < 4.78 is 42.8. The van der Waals surface area contributed by atoms with Crippen LogP contribution >= 0.6 is 0 Å². The predicted octanol–water partition coefficient (Wildman–Crippen LogP) is 2.39. The second-order valence-corrected chi connectivity index (χ2v) is 6.32. The molecule has 146 valence electrons. The highest BCUT2D eigenvalue weighted by atomic mass is 19.4. The van der Waals surface area contributed by atoms with Gasteiger partial charge in [0.25, 0.3) is 0 Å². The molecular weight excluding hydrogens is 367 g/mol. The van der Waals surface area contributed by atoms with Crippen LogP contribution in [0, 0.1) is 0 Å². The monoisotopic (exact) mass is 385 g/mol. The van der Waals surface area contributed by atoms with E-state index < -0.39 is 29.3 Å². The smallest absolute Gasteiger partial charge is 0.478 e. The van der Waals surface area contributed by atoms with E-state index in [9.17, 15) is 23.1 Å². The second-order valence-electron chi connectivity index (χ2n) is 6.32. The van der Waals surface area contributed by atoms with Crippen LogP contribution < -0.4 is 21.1 Å². The Bertz CT molecular complexity index is 816. The zero-order valence-corrected chi connectivity index (χ0v) is 14.2. The predicted molar refractivity (Wildman–Crippen MR) is 91.6 cm³/mol. The highest BCUT2D eigenvalue weighted by molar-refractivity contribution is 6.10. The van der Waals surface area contributed by atoms with Gasteiger partial charge in [-0.05, 0) is 37.8 Å². The summed E-state index contributed by atoms with van der Waals surface area (Å²) >= 11 is 0. The molecule has 0 amide bonds. The Labute approximate surface area is 152 Å². The van der Waals surface area contributed by atoms with Gasteiger partial charge in [-0.3, -0.25) is 4.90 Å². The summed E-state index contributed by atoms with van der Waals surface area (Å²) in [6, 6.07) is 3.36. The number of carboxylic acids is 1. The molecule has 5 N–H and O–H groups in total. The van der Waals surface area contributed by atoms with Crippen LogP contribution in [0.1, 0.15) is 42.5 Å². The molecule has 1 spiro atoms. The Morgan fingerprint density at radius 1 is 1.22 bits per heavy atom. The Kier molecular flexibility index (Phi) is 4.62. The van der Waals surface area contributed by atoms with Crippen molar-refractivity contribution < 1.29 is 27.8 Å². The third kappa shape index (κ3) is 3.62. The molecule has 0 bridgehead atoms. The van der Waals surface area contributed by atoms with Crippen molar-refractivity contribution in [3.05, 3.63) is 23.8 Å². The molecule has 1 fully saturated rings. The van der Waals surface area contributed by atoms with E-state index in [1.165, 1.54) is 11.0 Å². The molecule has 0 atom stereocenters. The maximum absolute atomic E-state index is 12.9. The summed E-state index contributed by atoms with van der Waals surface area (Å²) in [6.07, 6.45) is -1.78. The number of carbonyl (C=O) groups is 1. The van der Waals surface area contributed by atoms with E-state index in [0.717, 1.165) is 31.4 Å². The van der Waals surface area contributed by atoms with Crippen molar-refractivity contribution in [1.82, 2.24) is 0 Å². The Morgan fingerprint density at radius 2 is 1.89 bits per heavy atom. The second kappa shape index (κ2) is 6.63. The van der Waals surface area contributed by atoms with E-state index >= 15 is 0 Å². The topological polar surface area (TPSA) is 127 Å². The Balaban J connectivity index is 2.23. The third-order valence-corrected chi connectivity index (χ3v) is 4.53. The molecule has 1 aliphatic heterocycles. The molecule has 8 nitrogen and oxygen atoms in total. The van der Waals surface area contributed by atoms with Crippen molar-refractivity contribution in [2.24, 2.45) is 21.5 Å². The summed E-state index contributed by atoms with van der Waals surface area (Å²) in [5.41, 5.74) is 9.87. The maximum Gasteiger partial charge on any atom is 0.573 e. The molecule has 2 aliphatic rings. The summed E-state index contributed by atoms with van der Waals surface area (Å²) in [6.45, 7) is 0. The average Bonchev–Trinajstić information content (AvgIpc) is 2.54. The van der Waals surface area contributed by atoms with Crippen molar-refractivity contribution in [2.45, 2.75) is 44.1 Å². The highest BCUT2D eigenvalue weighted by Crippen LogP contribution is 2.45. The summed E-state index contributed by atoms with van der Waals surface area (Å²) in [7, 11) is 0. The Morgan fingerprint density at radius 3 is 2.48 bits per heavy atom. The lowest BCUT2D eigenvalue weighted by Gasteiger charge is -2.46. The number of hydrogen-bond donors (Lipinski definition) is 3. The van der Waals surface area contributed by atoms with Gasteiger partial charge >= 0.3 is 12.3 Å². The molecule has 27 heavy (non-hydrogen) atoms. The number of ether oxygens (including phenoxy) is 1.